The van der Waals surface area contributed by atoms with Crippen molar-refractivity contribution in [1.82, 2.24) is 4.90 Å². The number of rotatable bonds is 4. The second-order valence-corrected chi connectivity index (χ2v) is 8.92. The molecule has 1 saturated heterocycles. The molecule has 1 aromatic carbocycles. The summed E-state index contributed by atoms with van der Waals surface area (Å²) < 4.78 is 70.1. The van der Waals surface area contributed by atoms with Crippen LogP contribution in [0.5, 0.6) is 11.5 Å². The van der Waals surface area contributed by atoms with E-state index in [1.54, 1.807) is 0 Å². The number of hydrogen-bond donors (Lipinski definition) is 1. The summed E-state index contributed by atoms with van der Waals surface area (Å²) in [6.45, 7) is 7.57. The topological polar surface area (TPSA) is 51.2 Å². The van der Waals surface area contributed by atoms with Gasteiger partial charge in [-0.15, -0.1) is 0 Å². The highest BCUT2D eigenvalue weighted by atomic mass is 19.4. The molecule has 0 aromatic heterocycles. The fourth-order valence-corrected chi connectivity index (χ4v) is 4.13. The zero-order valence-corrected chi connectivity index (χ0v) is 17.8. The SMILES string of the molecule is COc1cc2c(c(F)c1OC(C)C(F)(F)F)CCN1C[C@@H](OC(C)(C)C)[C@H](O)C[C@H]21. The number of hydrogen-bond acceptors (Lipinski definition) is 5. The van der Waals surface area contributed by atoms with E-state index < -0.39 is 35.6 Å². The van der Waals surface area contributed by atoms with E-state index in [2.05, 4.69) is 4.90 Å². The Morgan fingerprint density at radius 2 is 1.90 bits per heavy atom. The van der Waals surface area contributed by atoms with Crippen LogP contribution in [-0.2, 0) is 11.2 Å². The minimum Gasteiger partial charge on any atom is -0.493 e. The van der Waals surface area contributed by atoms with Gasteiger partial charge in [-0.3, -0.25) is 4.90 Å². The molecule has 0 aliphatic carbocycles. The van der Waals surface area contributed by atoms with Crippen molar-refractivity contribution in [2.24, 2.45) is 0 Å². The van der Waals surface area contributed by atoms with Crippen LogP contribution in [0, 0.1) is 5.82 Å². The molecule has 0 radical (unpaired) electrons. The number of fused-ring (bicyclic) bond motifs is 3. The van der Waals surface area contributed by atoms with Gasteiger partial charge in [-0.2, -0.15) is 13.2 Å². The van der Waals surface area contributed by atoms with Crippen molar-refractivity contribution in [3.05, 3.63) is 23.0 Å². The van der Waals surface area contributed by atoms with Gasteiger partial charge in [-0.1, -0.05) is 0 Å². The molecule has 0 spiro atoms. The summed E-state index contributed by atoms with van der Waals surface area (Å²) in [5.41, 5.74) is 0.503. The number of piperidine rings is 1. The number of aliphatic hydroxyl groups excluding tert-OH is 1. The molecule has 170 valence electrons. The van der Waals surface area contributed by atoms with E-state index in [1.807, 2.05) is 20.8 Å². The first kappa shape index (κ1) is 23.1. The third-order valence-corrected chi connectivity index (χ3v) is 5.56. The highest BCUT2D eigenvalue weighted by Crippen LogP contribution is 2.45. The summed E-state index contributed by atoms with van der Waals surface area (Å²) in [5.74, 6) is -1.45. The zero-order chi connectivity index (χ0) is 22.4. The Kier molecular flexibility index (Phi) is 6.28. The molecule has 1 aromatic rings. The molecule has 2 heterocycles. The first-order chi connectivity index (χ1) is 13.8. The first-order valence-electron chi connectivity index (χ1n) is 10.0. The highest BCUT2D eigenvalue weighted by molar-refractivity contribution is 5.51. The van der Waals surface area contributed by atoms with Crippen molar-refractivity contribution >= 4 is 0 Å². The monoisotopic (exact) mass is 435 g/mol. The lowest BCUT2D eigenvalue weighted by molar-refractivity contribution is -0.189. The lowest BCUT2D eigenvalue weighted by Gasteiger charge is -2.47. The maximum absolute atomic E-state index is 15.2. The molecular formula is C21H29F4NO4. The summed E-state index contributed by atoms with van der Waals surface area (Å²) in [7, 11) is 1.26. The standard InChI is InChI=1S/C21H29F4NO4/c1-11(21(23,24)25)29-19-16(28-5)8-13-12(18(19)22)6-7-26-10-17(30-20(2,3)4)15(27)9-14(13)26/h8,11,14-15,17,27H,6-7,9-10H2,1-5H3/t11?,14-,15-,17-/m1/s1. The molecule has 2 aliphatic heterocycles. The third-order valence-electron chi connectivity index (χ3n) is 5.56. The summed E-state index contributed by atoms with van der Waals surface area (Å²) in [4.78, 5) is 2.11. The van der Waals surface area contributed by atoms with Crippen molar-refractivity contribution in [2.75, 3.05) is 20.2 Å². The number of benzene rings is 1. The average Bonchev–Trinajstić information content (AvgIpc) is 2.62. The Bertz CT molecular complexity index is 778. The van der Waals surface area contributed by atoms with Crippen LogP contribution in [-0.4, -0.2) is 60.3 Å². The molecule has 0 amide bonds. The number of aliphatic hydroxyl groups is 1. The van der Waals surface area contributed by atoms with Crippen LogP contribution in [0.15, 0.2) is 6.07 Å². The molecule has 4 atom stereocenters. The minimum absolute atomic E-state index is 0.0910. The normalized spacial score (nSPS) is 26.0. The predicted octanol–water partition coefficient (Wildman–Crippen LogP) is 4.01. The Labute approximate surface area is 173 Å². The summed E-state index contributed by atoms with van der Waals surface area (Å²) >= 11 is 0. The van der Waals surface area contributed by atoms with Crippen LogP contribution in [0.25, 0.3) is 0 Å². The number of halogens is 4. The fraction of sp³-hybridized carbons (Fsp3) is 0.714. The maximum atomic E-state index is 15.2. The molecule has 0 saturated carbocycles. The Morgan fingerprint density at radius 3 is 2.47 bits per heavy atom. The Hall–Kier alpha value is -1.58. The van der Waals surface area contributed by atoms with Crippen LogP contribution in [0.4, 0.5) is 17.6 Å². The number of methoxy groups -OCH3 is 1. The largest absolute Gasteiger partial charge is 0.493 e. The van der Waals surface area contributed by atoms with Crippen LogP contribution in [0.3, 0.4) is 0 Å². The van der Waals surface area contributed by atoms with E-state index >= 15 is 4.39 Å². The maximum Gasteiger partial charge on any atom is 0.425 e. The average molecular weight is 435 g/mol. The lowest BCUT2D eigenvalue weighted by atomic mass is 9.84. The quantitative estimate of drug-likeness (QED) is 0.725. The van der Waals surface area contributed by atoms with Gasteiger partial charge in [0.05, 0.1) is 24.9 Å². The Balaban J connectivity index is 1.91. The van der Waals surface area contributed by atoms with Crippen LogP contribution in [0.2, 0.25) is 0 Å². The van der Waals surface area contributed by atoms with Crippen LogP contribution < -0.4 is 9.47 Å². The van der Waals surface area contributed by atoms with Crippen molar-refractivity contribution < 1.29 is 36.9 Å². The van der Waals surface area contributed by atoms with Gasteiger partial charge in [0.1, 0.15) is 0 Å². The second kappa shape index (κ2) is 8.16. The molecule has 1 unspecified atom stereocenters. The van der Waals surface area contributed by atoms with E-state index in [9.17, 15) is 18.3 Å². The highest BCUT2D eigenvalue weighted by Gasteiger charge is 2.43. The summed E-state index contributed by atoms with van der Waals surface area (Å²) in [6, 6.07) is 1.26. The number of alkyl halides is 3. The van der Waals surface area contributed by atoms with Gasteiger partial charge < -0.3 is 19.3 Å². The van der Waals surface area contributed by atoms with E-state index in [0.29, 0.717) is 37.1 Å². The zero-order valence-electron chi connectivity index (χ0n) is 17.8. The second-order valence-electron chi connectivity index (χ2n) is 8.92. The van der Waals surface area contributed by atoms with Gasteiger partial charge in [0.15, 0.2) is 23.4 Å². The predicted molar refractivity (Wildman–Crippen MR) is 102 cm³/mol. The van der Waals surface area contributed by atoms with Crippen molar-refractivity contribution in [3.63, 3.8) is 0 Å². The summed E-state index contributed by atoms with van der Waals surface area (Å²) in [6.07, 6.45) is -7.27. The van der Waals surface area contributed by atoms with Gasteiger partial charge in [0, 0.05) is 19.1 Å². The van der Waals surface area contributed by atoms with Gasteiger partial charge >= 0.3 is 6.18 Å². The molecule has 1 N–H and O–H groups in total. The fourth-order valence-electron chi connectivity index (χ4n) is 4.13. The Morgan fingerprint density at radius 1 is 1.23 bits per heavy atom. The van der Waals surface area contributed by atoms with Crippen LogP contribution >= 0.6 is 0 Å². The van der Waals surface area contributed by atoms with Gasteiger partial charge in [0.25, 0.3) is 0 Å². The molecule has 3 rings (SSSR count). The molecule has 2 aliphatic rings. The molecule has 30 heavy (non-hydrogen) atoms. The summed E-state index contributed by atoms with van der Waals surface area (Å²) in [5, 5.41) is 10.6. The molecule has 9 heteroatoms. The van der Waals surface area contributed by atoms with Crippen LogP contribution in [0.1, 0.15) is 51.3 Å². The van der Waals surface area contributed by atoms with Gasteiger partial charge in [-0.25, -0.2) is 4.39 Å². The number of ether oxygens (including phenoxy) is 3. The van der Waals surface area contributed by atoms with Gasteiger partial charge in [-0.05, 0) is 57.7 Å². The first-order valence-corrected chi connectivity index (χ1v) is 10.0. The van der Waals surface area contributed by atoms with E-state index in [4.69, 9.17) is 14.2 Å². The van der Waals surface area contributed by atoms with Gasteiger partial charge in [0.2, 0.25) is 0 Å². The number of nitrogens with zero attached hydrogens (tertiary/aromatic N) is 1. The van der Waals surface area contributed by atoms with E-state index in [1.165, 1.54) is 13.2 Å². The molecule has 0 bridgehead atoms. The van der Waals surface area contributed by atoms with E-state index in [0.717, 1.165) is 6.92 Å². The third kappa shape index (κ3) is 4.68. The smallest absolute Gasteiger partial charge is 0.425 e. The van der Waals surface area contributed by atoms with E-state index in [-0.39, 0.29) is 17.9 Å². The van der Waals surface area contributed by atoms with Crippen molar-refractivity contribution in [3.8, 4) is 11.5 Å². The molecule has 1 fully saturated rings. The minimum atomic E-state index is -4.63. The van der Waals surface area contributed by atoms with Crippen molar-refractivity contribution in [2.45, 2.75) is 76.7 Å². The lowest BCUT2D eigenvalue weighted by Crippen LogP contribution is -2.53. The molecular weight excluding hydrogens is 406 g/mol. The van der Waals surface area contributed by atoms with Crippen molar-refractivity contribution in [1.29, 1.82) is 0 Å². The molecule has 5 nitrogen and oxygen atoms in total.